The van der Waals surface area contributed by atoms with Gasteiger partial charge in [-0.3, -0.25) is 4.79 Å². The lowest BCUT2D eigenvalue weighted by atomic mass is 9.74. The lowest BCUT2D eigenvalue weighted by Gasteiger charge is -2.37. The van der Waals surface area contributed by atoms with Crippen molar-refractivity contribution in [1.82, 2.24) is 5.32 Å². The monoisotopic (exact) mass is 309 g/mol. The summed E-state index contributed by atoms with van der Waals surface area (Å²) in [6, 6.07) is 7.75. The summed E-state index contributed by atoms with van der Waals surface area (Å²) in [6.07, 6.45) is 2.28. The Morgan fingerprint density at radius 3 is 2.57 bits per heavy atom. The molecule has 1 N–H and O–H groups in total. The Balaban J connectivity index is 2.22. The van der Waals surface area contributed by atoms with Crippen LogP contribution in [0.1, 0.15) is 39.2 Å². The second kappa shape index (κ2) is 6.37. The Morgan fingerprint density at radius 2 is 2.00 bits per heavy atom. The quantitative estimate of drug-likeness (QED) is 0.867. The Kier molecular flexibility index (Phi) is 4.95. The molecule has 3 nitrogen and oxygen atoms in total. The van der Waals surface area contributed by atoms with Crippen molar-refractivity contribution in [3.8, 4) is 0 Å². The van der Waals surface area contributed by atoms with Gasteiger partial charge >= 0.3 is 5.97 Å². The van der Waals surface area contributed by atoms with E-state index in [-0.39, 0.29) is 5.97 Å². The Bertz CT molecular complexity index is 502. The number of piperidine rings is 1. The maximum atomic E-state index is 12.7. The van der Waals surface area contributed by atoms with E-state index in [4.69, 9.17) is 16.3 Å². The molecule has 1 heterocycles. The molecule has 0 unspecified atom stereocenters. The van der Waals surface area contributed by atoms with Crippen molar-refractivity contribution in [2.75, 3.05) is 13.1 Å². The molecular weight excluding hydrogens is 286 g/mol. The van der Waals surface area contributed by atoms with E-state index < -0.39 is 11.0 Å². The van der Waals surface area contributed by atoms with Gasteiger partial charge in [-0.2, -0.15) is 0 Å². The minimum Gasteiger partial charge on any atom is -0.460 e. The molecule has 0 bridgehead atoms. The van der Waals surface area contributed by atoms with Crippen LogP contribution in [0.2, 0.25) is 5.02 Å². The number of ether oxygens (including phenoxy) is 1. The van der Waals surface area contributed by atoms with Gasteiger partial charge in [0.2, 0.25) is 0 Å². The number of hydrogen-bond donors (Lipinski definition) is 1. The molecule has 1 aliphatic rings. The largest absolute Gasteiger partial charge is 0.460 e. The summed E-state index contributed by atoms with van der Waals surface area (Å²) in [5.74, 6) is -0.0866. The second-order valence-corrected chi connectivity index (χ2v) is 7.28. The Morgan fingerprint density at radius 1 is 1.33 bits per heavy atom. The predicted octanol–water partition coefficient (Wildman–Crippen LogP) is 3.59. The van der Waals surface area contributed by atoms with Gasteiger partial charge in [-0.05, 0) is 70.8 Å². The number of hydrogen-bond acceptors (Lipinski definition) is 3. The van der Waals surface area contributed by atoms with Crippen molar-refractivity contribution >= 4 is 17.6 Å². The van der Waals surface area contributed by atoms with Crippen LogP contribution < -0.4 is 5.32 Å². The van der Waals surface area contributed by atoms with Crippen LogP contribution in [0.4, 0.5) is 0 Å². The highest BCUT2D eigenvalue weighted by atomic mass is 35.5. The first-order chi connectivity index (χ1) is 9.81. The van der Waals surface area contributed by atoms with Crippen LogP contribution in [-0.2, 0) is 16.0 Å². The smallest absolute Gasteiger partial charge is 0.313 e. The molecule has 0 saturated carbocycles. The number of halogens is 1. The van der Waals surface area contributed by atoms with Crippen molar-refractivity contribution < 1.29 is 9.53 Å². The number of benzene rings is 1. The Labute approximate surface area is 132 Å². The zero-order chi connectivity index (χ0) is 15.5. The van der Waals surface area contributed by atoms with Crippen LogP contribution in [0.5, 0.6) is 0 Å². The van der Waals surface area contributed by atoms with Crippen LogP contribution >= 0.6 is 11.6 Å². The number of nitrogens with one attached hydrogen (secondary N) is 1. The van der Waals surface area contributed by atoms with E-state index in [0.717, 1.165) is 31.5 Å². The van der Waals surface area contributed by atoms with Crippen LogP contribution in [0, 0.1) is 5.41 Å². The van der Waals surface area contributed by atoms with Crippen molar-refractivity contribution in [2.45, 2.75) is 45.6 Å². The summed E-state index contributed by atoms with van der Waals surface area (Å²) in [5, 5.41) is 4.03. The molecule has 21 heavy (non-hydrogen) atoms. The van der Waals surface area contributed by atoms with Gasteiger partial charge in [0, 0.05) is 5.02 Å². The van der Waals surface area contributed by atoms with Crippen LogP contribution in [0.15, 0.2) is 24.3 Å². The van der Waals surface area contributed by atoms with Crippen molar-refractivity contribution in [3.63, 3.8) is 0 Å². The predicted molar refractivity (Wildman–Crippen MR) is 85.5 cm³/mol. The molecule has 0 atom stereocenters. The SMILES string of the molecule is CC(C)(C)OC(=O)C1(Cc2cccc(Cl)c2)CCNCC1. The molecule has 1 aromatic rings. The van der Waals surface area contributed by atoms with Gasteiger partial charge in [-0.25, -0.2) is 0 Å². The molecular formula is C17H24ClNO2. The second-order valence-electron chi connectivity index (χ2n) is 6.84. The van der Waals surface area contributed by atoms with Gasteiger partial charge < -0.3 is 10.1 Å². The highest BCUT2D eigenvalue weighted by Gasteiger charge is 2.42. The molecule has 1 aromatic carbocycles. The van der Waals surface area contributed by atoms with Gasteiger partial charge in [0.05, 0.1) is 5.41 Å². The van der Waals surface area contributed by atoms with E-state index in [0.29, 0.717) is 11.4 Å². The minimum absolute atomic E-state index is 0.0866. The molecule has 0 amide bonds. The van der Waals surface area contributed by atoms with Gasteiger partial charge in [-0.15, -0.1) is 0 Å². The average Bonchev–Trinajstić information content (AvgIpc) is 2.37. The topological polar surface area (TPSA) is 38.3 Å². The summed E-state index contributed by atoms with van der Waals surface area (Å²) in [5.41, 5.74) is 0.197. The molecule has 1 fully saturated rings. The van der Waals surface area contributed by atoms with Gasteiger partial charge in [-0.1, -0.05) is 23.7 Å². The third-order valence-electron chi connectivity index (χ3n) is 3.82. The summed E-state index contributed by atoms with van der Waals surface area (Å²) >= 11 is 6.07. The first-order valence-electron chi connectivity index (χ1n) is 7.49. The zero-order valence-corrected chi connectivity index (χ0v) is 13.8. The number of esters is 1. The van der Waals surface area contributed by atoms with Gasteiger partial charge in [0.25, 0.3) is 0 Å². The lowest BCUT2D eigenvalue weighted by Crippen LogP contribution is -2.46. The minimum atomic E-state index is -0.455. The summed E-state index contributed by atoms with van der Waals surface area (Å²) in [4.78, 5) is 12.7. The van der Waals surface area contributed by atoms with E-state index in [1.54, 1.807) is 0 Å². The molecule has 1 saturated heterocycles. The standard InChI is InChI=1S/C17H24ClNO2/c1-16(2,3)21-15(20)17(7-9-19-10-8-17)12-13-5-4-6-14(18)11-13/h4-6,11,19H,7-10,12H2,1-3H3. The maximum absolute atomic E-state index is 12.7. The molecule has 0 aromatic heterocycles. The average molecular weight is 310 g/mol. The highest BCUT2D eigenvalue weighted by Crippen LogP contribution is 2.36. The fourth-order valence-electron chi connectivity index (χ4n) is 2.78. The first-order valence-corrected chi connectivity index (χ1v) is 7.87. The summed E-state index contributed by atoms with van der Waals surface area (Å²) in [6.45, 7) is 7.44. The summed E-state index contributed by atoms with van der Waals surface area (Å²) in [7, 11) is 0. The fraction of sp³-hybridized carbons (Fsp3) is 0.588. The normalized spacial score (nSPS) is 18.3. The number of carbonyl (C=O) groups is 1. The van der Waals surface area contributed by atoms with Gasteiger partial charge in [0.15, 0.2) is 0 Å². The van der Waals surface area contributed by atoms with E-state index >= 15 is 0 Å². The molecule has 4 heteroatoms. The van der Waals surface area contributed by atoms with Crippen LogP contribution in [-0.4, -0.2) is 24.7 Å². The molecule has 1 aliphatic heterocycles. The summed E-state index contributed by atoms with van der Waals surface area (Å²) < 4.78 is 5.68. The van der Waals surface area contributed by atoms with Gasteiger partial charge in [0.1, 0.15) is 5.60 Å². The van der Waals surface area contributed by atoms with Crippen LogP contribution in [0.25, 0.3) is 0 Å². The van der Waals surface area contributed by atoms with E-state index in [2.05, 4.69) is 5.32 Å². The zero-order valence-electron chi connectivity index (χ0n) is 13.0. The molecule has 0 spiro atoms. The number of carbonyl (C=O) groups excluding carboxylic acids is 1. The molecule has 116 valence electrons. The van der Waals surface area contributed by atoms with Crippen LogP contribution in [0.3, 0.4) is 0 Å². The third kappa shape index (κ3) is 4.45. The Hall–Kier alpha value is -1.06. The first kappa shape index (κ1) is 16.3. The van der Waals surface area contributed by atoms with Crippen molar-refractivity contribution in [3.05, 3.63) is 34.9 Å². The lowest BCUT2D eigenvalue weighted by molar-refractivity contribution is -0.169. The highest BCUT2D eigenvalue weighted by molar-refractivity contribution is 6.30. The van der Waals surface area contributed by atoms with Crippen molar-refractivity contribution in [1.29, 1.82) is 0 Å². The molecule has 0 aliphatic carbocycles. The van der Waals surface area contributed by atoms with Crippen molar-refractivity contribution in [2.24, 2.45) is 5.41 Å². The third-order valence-corrected chi connectivity index (χ3v) is 4.06. The van der Waals surface area contributed by atoms with E-state index in [9.17, 15) is 4.79 Å². The molecule has 0 radical (unpaired) electrons. The number of rotatable bonds is 3. The molecule has 2 rings (SSSR count). The van der Waals surface area contributed by atoms with E-state index in [1.165, 1.54) is 0 Å². The maximum Gasteiger partial charge on any atom is 0.313 e. The van der Waals surface area contributed by atoms with E-state index in [1.807, 2.05) is 45.0 Å². The fourth-order valence-corrected chi connectivity index (χ4v) is 3.00.